The van der Waals surface area contributed by atoms with E-state index in [4.69, 9.17) is 4.74 Å². The number of methoxy groups -OCH3 is 1. The van der Waals surface area contributed by atoms with Crippen LogP contribution in [0.1, 0.15) is 0 Å². The number of rotatable bonds is 7. The number of benzene rings is 1. The third-order valence-corrected chi connectivity index (χ3v) is 3.26. The first-order valence-corrected chi connectivity index (χ1v) is 6.80. The number of anilines is 1. The van der Waals surface area contributed by atoms with Crippen molar-refractivity contribution in [3.63, 3.8) is 0 Å². The Morgan fingerprint density at radius 2 is 2.05 bits per heavy atom. The Morgan fingerprint density at radius 1 is 1.30 bits per heavy atom. The van der Waals surface area contributed by atoms with Gasteiger partial charge in [0.2, 0.25) is 0 Å². The van der Waals surface area contributed by atoms with Crippen LogP contribution in [0.25, 0.3) is 11.3 Å². The van der Waals surface area contributed by atoms with Gasteiger partial charge in [0.15, 0.2) is 5.13 Å². The summed E-state index contributed by atoms with van der Waals surface area (Å²) in [5.41, 5.74) is 1.64. The molecule has 20 heavy (non-hydrogen) atoms. The van der Waals surface area contributed by atoms with Crippen molar-refractivity contribution in [2.24, 2.45) is 0 Å². The van der Waals surface area contributed by atoms with Gasteiger partial charge in [-0.15, -0.1) is 11.3 Å². The summed E-state index contributed by atoms with van der Waals surface area (Å²) in [6.45, 7) is -1.52. The van der Waals surface area contributed by atoms with Crippen molar-refractivity contribution in [2.45, 2.75) is 6.61 Å². The summed E-state index contributed by atoms with van der Waals surface area (Å²) in [5, 5.41) is 5.83. The molecule has 2 rings (SSSR count). The fourth-order valence-electron chi connectivity index (χ4n) is 1.55. The van der Waals surface area contributed by atoms with Crippen LogP contribution >= 0.6 is 11.3 Å². The molecule has 0 fully saturated rings. The number of alkyl halides is 2. The highest BCUT2D eigenvalue weighted by atomic mass is 32.1. The minimum Gasteiger partial charge on any atom is -0.435 e. The molecular formula is C13H14F2N2O2S. The highest BCUT2D eigenvalue weighted by molar-refractivity contribution is 7.14. The smallest absolute Gasteiger partial charge is 0.387 e. The van der Waals surface area contributed by atoms with Gasteiger partial charge >= 0.3 is 6.61 Å². The molecule has 0 saturated heterocycles. The normalized spacial score (nSPS) is 10.8. The number of halogens is 2. The minimum absolute atomic E-state index is 0.137. The van der Waals surface area contributed by atoms with E-state index in [0.29, 0.717) is 13.2 Å². The van der Waals surface area contributed by atoms with E-state index in [9.17, 15) is 8.78 Å². The Kier molecular flexibility index (Phi) is 5.25. The zero-order chi connectivity index (χ0) is 14.4. The van der Waals surface area contributed by atoms with Crippen molar-refractivity contribution < 1.29 is 18.3 Å². The molecule has 0 atom stereocenters. The first-order valence-electron chi connectivity index (χ1n) is 5.92. The number of nitrogens with zero attached hydrogens (tertiary/aromatic N) is 1. The van der Waals surface area contributed by atoms with Gasteiger partial charge in [0.1, 0.15) is 5.75 Å². The maximum atomic E-state index is 12.0. The lowest BCUT2D eigenvalue weighted by molar-refractivity contribution is -0.0498. The van der Waals surface area contributed by atoms with Crippen LogP contribution in [0.15, 0.2) is 29.6 Å². The summed E-state index contributed by atoms with van der Waals surface area (Å²) < 4.78 is 33.3. The first-order chi connectivity index (χ1) is 9.69. The maximum Gasteiger partial charge on any atom is 0.387 e. The van der Waals surface area contributed by atoms with Crippen molar-refractivity contribution in [1.29, 1.82) is 0 Å². The molecule has 0 amide bonds. The molecule has 0 bridgehead atoms. The van der Waals surface area contributed by atoms with Crippen LogP contribution in [0.2, 0.25) is 0 Å². The lowest BCUT2D eigenvalue weighted by Crippen LogP contribution is -2.07. The van der Waals surface area contributed by atoms with E-state index in [2.05, 4.69) is 15.0 Å². The number of hydrogen-bond donors (Lipinski definition) is 1. The molecule has 1 N–H and O–H groups in total. The fourth-order valence-corrected chi connectivity index (χ4v) is 2.30. The molecule has 0 aliphatic heterocycles. The maximum absolute atomic E-state index is 12.0. The Labute approximate surface area is 119 Å². The van der Waals surface area contributed by atoms with Gasteiger partial charge in [0, 0.05) is 24.6 Å². The van der Waals surface area contributed by atoms with E-state index in [0.717, 1.165) is 16.4 Å². The van der Waals surface area contributed by atoms with Crippen LogP contribution in [0.5, 0.6) is 5.75 Å². The molecule has 2 aromatic rings. The van der Waals surface area contributed by atoms with Gasteiger partial charge in [-0.3, -0.25) is 0 Å². The summed E-state index contributed by atoms with van der Waals surface area (Å²) in [4.78, 5) is 4.41. The lowest BCUT2D eigenvalue weighted by Gasteiger charge is -2.04. The van der Waals surface area contributed by atoms with Crippen LogP contribution in [0.3, 0.4) is 0 Å². The van der Waals surface area contributed by atoms with Gasteiger partial charge in [0.25, 0.3) is 0 Å². The molecule has 1 heterocycles. The lowest BCUT2D eigenvalue weighted by atomic mass is 10.2. The predicted octanol–water partition coefficient (Wildman–Crippen LogP) is 3.47. The van der Waals surface area contributed by atoms with Crippen molar-refractivity contribution in [2.75, 3.05) is 25.6 Å². The van der Waals surface area contributed by atoms with Crippen LogP contribution in [-0.2, 0) is 4.74 Å². The molecule has 0 spiro atoms. The molecule has 0 aliphatic carbocycles. The van der Waals surface area contributed by atoms with E-state index >= 15 is 0 Å². The number of ether oxygens (including phenoxy) is 2. The highest BCUT2D eigenvalue weighted by Gasteiger charge is 2.07. The summed E-state index contributed by atoms with van der Waals surface area (Å²) in [6.07, 6.45) is 0. The Balaban J connectivity index is 2.00. The third-order valence-electron chi connectivity index (χ3n) is 2.46. The van der Waals surface area contributed by atoms with Crippen molar-refractivity contribution >= 4 is 16.5 Å². The van der Waals surface area contributed by atoms with E-state index < -0.39 is 6.61 Å². The second kappa shape index (κ2) is 7.16. The monoisotopic (exact) mass is 300 g/mol. The summed E-state index contributed by atoms with van der Waals surface area (Å²) in [7, 11) is 1.64. The number of thiazole rings is 1. The first kappa shape index (κ1) is 14.7. The van der Waals surface area contributed by atoms with Crippen molar-refractivity contribution in [3.05, 3.63) is 29.6 Å². The second-order valence-electron chi connectivity index (χ2n) is 3.86. The van der Waals surface area contributed by atoms with Crippen molar-refractivity contribution in [3.8, 4) is 17.0 Å². The van der Waals surface area contributed by atoms with E-state index in [1.165, 1.54) is 23.5 Å². The Hall–Kier alpha value is -1.73. The van der Waals surface area contributed by atoms with Crippen molar-refractivity contribution in [1.82, 2.24) is 4.98 Å². The fraction of sp³-hybridized carbons (Fsp3) is 0.308. The zero-order valence-corrected chi connectivity index (χ0v) is 11.6. The van der Waals surface area contributed by atoms with E-state index in [-0.39, 0.29) is 5.75 Å². The topological polar surface area (TPSA) is 43.4 Å². The largest absolute Gasteiger partial charge is 0.435 e. The molecule has 108 valence electrons. The minimum atomic E-state index is -2.81. The van der Waals surface area contributed by atoms with Gasteiger partial charge < -0.3 is 14.8 Å². The Bertz CT molecular complexity index is 531. The molecule has 0 saturated carbocycles. The highest BCUT2D eigenvalue weighted by Crippen LogP contribution is 2.26. The molecule has 0 radical (unpaired) electrons. The van der Waals surface area contributed by atoms with Crippen LogP contribution in [0.4, 0.5) is 13.9 Å². The average Bonchev–Trinajstić information content (AvgIpc) is 2.88. The van der Waals surface area contributed by atoms with Crippen LogP contribution in [-0.4, -0.2) is 31.9 Å². The van der Waals surface area contributed by atoms with E-state index in [1.807, 2.05) is 5.38 Å². The third kappa shape index (κ3) is 4.14. The van der Waals surface area contributed by atoms with Gasteiger partial charge in [-0.1, -0.05) is 0 Å². The molecule has 1 aromatic carbocycles. The summed E-state index contributed by atoms with van der Waals surface area (Å²) in [5.74, 6) is 0.137. The molecule has 4 nitrogen and oxygen atoms in total. The molecular weight excluding hydrogens is 286 g/mol. The number of hydrogen-bond acceptors (Lipinski definition) is 5. The SMILES string of the molecule is COCCNc1nc(-c2ccc(OC(F)F)cc2)cs1. The van der Waals surface area contributed by atoms with Crippen LogP contribution in [0, 0.1) is 0 Å². The van der Waals surface area contributed by atoms with Crippen LogP contribution < -0.4 is 10.1 Å². The van der Waals surface area contributed by atoms with E-state index in [1.54, 1.807) is 19.2 Å². The summed E-state index contributed by atoms with van der Waals surface area (Å²) in [6, 6.07) is 6.40. The second-order valence-corrected chi connectivity index (χ2v) is 4.72. The van der Waals surface area contributed by atoms with Gasteiger partial charge in [-0.25, -0.2) is 4.98 Å². The van der Waals surface area contributed by atoms with Gasteiger partial charge in [-0.2, -0.15) is 8.78 Å². The zero-order valence-electron chi connectivity index (χ0n) is 10.8. The average molecular weight is 300 g/mol. The van der Waals surface area contributed by atoms with Gasteiger partial charge in [0.05, 0.1) is 12.3 Å². The molecule has 7 heteroatoms. The Morgan fingerprint density at radius 3 is 2.70 bits per heavy atom. The van der Waals surface area contributed by atoms with Gasteiger partial charge in [-0.05, 0) is 24.3 Å². The predicted molar refractivity (Wildman–Crippen MR) is 74.5 cm³/mol. The quantitative estimate of drug-likeness (QED) is 0.795. The molecule has 0 unspecified atom stereocenters. The number of nitrogens with one attached hydrogen (secondary N) is 1. The molecule has 1 aromatic heterocycles. The number of aromatic nitrogens is 1. The standard InChI is InChI=1S/C13H14F2N2O2S/c1-18-7-6-16-13-17-11(8-20-13)9-2-4-10(5-3-9)19-12(14)15/h2-5,8,12H,6-7H2,1H3,(H,16,17). The summed E-state index contributed by atoms with van der Waals surface area (Å²) >= 11 is 1.48. The molecule has 0 aliphatic rings.